The maximum atomic E-state index is 12.9. The van der Waals surface area contributed by atoms with Crippen molar-refractivity contribution in [1.82, 2.24) is 19.9 Å². The fraction of sp³-hybridized carbons (Fsp3) is 0.208. The molecular weight excluding hydrogens is 417 g/mol. The SMILES string of the molecule is CC(=O)N[C@](C)(Cc1ccccc1)c1ccnc2c(-c3ccc(C(F)(F)F)cc3)cnn12. The summed E-state index contributed by atoms with van der Waals surface area (Å²) < 4.78 is 40.4. The van der Waals surface area contributed by atoms with Gasteiger partial charge in [-0.15, -0.1) is 0 Å². The van der Waals surface area contributed by atoms with E-state index in [2.05, 4.69) is 15.4 Å². The topological polar surface area (TPSA) is 59.3 Å². The Bertz CT molecular complexity index is 1250. The van der Waals surface area contributed by atoms with Gasteiger partial charge in [0.05, 0.1) is 23.0 Å². The van der Waals surface area contributed by atoms with E-state index in [4.69, 9.17) is 0 Å². The Labute approximate surface area is 182 Å². The van der Waals surface area contributed by atoms with E-state index in [1.807, 2.05) is 37.3 Å². The van der Waals surface area contributed by atoms with Crippen LogP contribution in [0.4, 0.5) is 13.2 Å². The van der Waals surface area contributed by atoms with Gasteiger partial charge in [-0.25, -0.2) is 9.50 Å². The number of rotatable bonds is 5. The predicted octanol–water partition coefficient (Wildman–Crippen LogP) is 5.01. The van der Waals surface area contributed by atoms with E-state index in [1.165, 1.54) is 19.1 Å². The fourth-order valence-electron chi connectivity index (χ4n) is 3.94. The van der Waals surface area contributed by atoms with Crippen LogP contribution in [0.25, 0.3) is 16.8 Å². The fourth-order valence-corrected chi connectivity index (χ4v) is 3.94. The van der Waals surface area contributed by atoms with Crippen molar-refractivity contribution in [3.8, 4) is 11.1 Å². The Balaban J connectivity index is 1.79. The molecule has 2 heterocycles. The number of nitrogens with one attached hydrogen (secondary N) is 1. The number of benzene rings is 2. The van der Waals surface area contributed by atoms with Gasteiger partial charge in [0, 0.05) is 25.1 Å². The first-order valence-electron chi connectivity index (χ1n) is 10.0. The van der Waals surface area contributed by atoms with Crippen LogP contribution in [0.3, 0.4) is 0 Å². The summed E-state index contributed by atoms with van der Waals surface area (Å²) in [7, 11) is 0. The molecule has 1 N–H and O–H groups in total. The summed E-state index contributed by atoms with van der Waals surface area (Å²) in [5, 5.41) is 7.50. The van der Waals surface area contributed by atoms with Crippen molar-refractivity contribution in [2.75, 3.05) is 0 Å². The molecule has 8 heteroatoms. The van der Waals surface area contributed by atoms with Gasteiger partial charge in [0.25, 0.3) is 0 Å². The molecule has 1 atom stereocenters. The number of fused-ring (bicyclic) bond motifs is 1. The molecule has 0 aliphatic carbocycles. The molecule has 5 nitrogen and oxygen atoms in total. The Morgan fingerprint density at radius 1 is 1.03 bits per heavy atom. The number of nitrogens with zero attached hydrogens (tertiary/aromatic N) is 3. The number of alkyl halides is 3. The minimum atomic E-state index is -4.40. The lowest BCUT2D eigenvalue weighted by Crippen LogP contribution is -2.45. The van der Waals surface area contributed by atoms with E-state index in [-0.39, 0.29) is 5.91 Å². The molecule has 0 saturated heterocycles. The molecule has 1 amide bonds. The molecule has 0 bridgehead atoms. The average Bonchev–Trinajstić information content (AvgIpc) is 3.17. The molecule has 32 heavy (non-hydrogen) atoms. The molecule has 0 aliphatic rings. The third-order valence-corrected chi connectivity index (χ3v) is 5.34. The molecule has 4 aromatic rings. The zero-order valence-electron chi connectivity index (χ0n) is 17.5. The highest BCUT2D eigenvalue weighted by molar-refractivity contribution is 5.77. The lowest BCUT2D eigenvalue weighted by Gasteiger charge is -2.31. The number of carbonyl (C=O) groups excluding carboxylic acids is 1. The largest absolute Gasteiger partial charge is 0.416 e. The summed E-state index contributed by atoms with van der Waals surface area (Å²) >= 11 is 0. The highest BCUT2D eigenvalue weighted by atomic mass is 19.4. The van der Waals surface area contributed by atoms with E-state index in [9.17, 15) is 18.0 Å². The molecule has 0 aliphatic heterocycles. The van der Waals surface area contributed by atoms with Crippen LogP contribution in [-0.4, -0.2) is 20.5 Å². The number of aromatic nitrogens is 3. The van der Waals surface area contributed by atoms with Crippen molar-refractivity contribution in [3.05, 3.63) is 89.9 Å². The quantitative estimate of drug-likeness (QED) is 0.477. The van der Waals surface area contributed by atoms with Crippen LogP contribution in [-0.2, 0) is 22.9 Å². The monoisotopic (exact) mass is 438 g/mol. The zero-order chi connectivity index (χ0) is 22.9. The molecule has 0 unspecified atom stereocenters. The third kappa shape index (κ3) is 4.21. The van der Waals surface area contributed by atoms with Gasteiger partial charge in [-0.2, -0.15) is 18.3 Å². The molecule has 0 fully saturated rings. The highest BCUT2D eigenvalue weighted by Gasteiger charge is 2.32. The minimum absolute atomic E-state index is 0.191. The second-order valence-electron chi connectivity index (χ2n) is 7.87. The minimum Gasteiger partial charge on any atom is -0.345 e. The van der Waals surface area contributed by atoms with Crippen molar-refractivity contribution in [3.63, 3.8) is 0 Å². The van der Waals surface area contributed by atoms with E-state index in [1.54, 1.807) is 23.0 Å². The van der Waals surface area contributed by atoms with Gasteiger partial charge < -0.3 is 5.32 Å². The van der Waals surface area contributed by atoms with E-state index in [0.29, 0.717) is 28.9 Å². The maximum Gasteiger partial charge on any atom is 0.416 e. The van der Waals surface area contributed by atoms with Crippen LogP contribution >= 0.6 is 0 Å². The Kier molecular flexibility index (Phi) is 5.46. The number of carbonyl (C=O) groups is 1. The molecule has 2 aromatic heterocycles. The standard InChI is InChI=1S/C24H21F3N4O/c1-16(32)30-23(2,14-17-6-4-3-5-7-17)21-12-13-28-22-20(15-29-31(21)22)18-8-10-19(11-9-18)24(25,26)27/h3-13,15H,14H2,1-2H3,(H,30,32)/t23-/m1/s1. The van der Waals surface area contributed by atoms with Crippen LogP contribution < -0.4 is 5.32 Å². The summed E-state index contributed by atoms with van der Waals surface area (Å²) in [4.78, 5) is 16.5. The van der Waals surface area contributed by atoms with Crippen LogP contribution in [0.5, 0.6) is 0 Å². The Morgan fingerprint density at radius 3 is 2.34 bits per heavy atom. The first-order valence-corrected chi connectivity index (χ1v) is 10.0. The van der Waals surface area contributed by atoms with Gasteiger partial charge in [0.15, 0.2) is 5.65 Å². The van der Waals surface area contributed by atoms with Crippen LogP contribution in [0.1, 0.15) is 30.7 Å². The first-order chi connectivity index (χ1) is 15.2. The highest BCUT2D eigenvalue weighted by Crippen LogP contribution is 2.33. The third-order valence-electron chi connectivity index (χ3n) is 5.34. The lowest BCUT2D eigenvalue weighted by molar-refractivity contribution is -0.137. The lowest BCUT2D eigenvalue weighted by atomic mass is 9.89. The van der Waals surface area contributed by atoms with Gasteiger partial charge in [-0.05, 0) is 36.2 Å². The van der Waals surface area contributed by atoms with Crippen molar-refractivity contribution in [1.29, 1.82) is 0 Å². The van der Waals surface area contributed by atoms with Crippen LogP contribution in [0, 0.1) is 0 Å². The molecule has 164 valence electrons. The number of hydrogen-bond donors (Lipinski definition) is 1. The van der Waals surface area contributed by atoms with Crippen molar-refractivity contribution in [2.24, 2.45) is 0 Å². The Morgan fingerprint density at radius 2 is 1.72 bits per heavy atom. The van der Waals surface area contributed by atoms with E-state index < -0.39 is 17.3 Å². The second kappa shape index (κ2) is 8.11. The number of amides is 1. The predicted molar refractivity (Wildman–Crippen MR) is 115 cm³/mol. The molecule has 0 radical (unpaired) electrons. The molecule has 4 rings (SSSR count). The van der Waals surface area contributed by atoms with E-state index >= 15 is 0 Å². The Hall–Kier alpha value is -3.68. The van der Waals surface area contributed by atoms with Gasteiger partial charge in [0.2, 0.25) is 5.91 Å². The van der Waals surface area contributed by atoms with E-state index in [0.717, 1.165) is 17.7 Å². The summed E-state index contributed by atoms with van der Waals surface area (Å²) in [5.41, 5.74) is 1.90. The smallest absolute Gasteiger partial charge is 0.345 e. The van der Waals surface area contributed by atoms with Crippen molar-refractivity contribution >= 4 is 11.6 Å². The van der Waals surface area contributed by atoms with Crippen LogP contribution in [0.2, 0.25) is 0 Å². The molecular formula is C24H21F3N4O. The molecule has 0 saturated carbocycles. The first kappa shape index (κ1) is 21.5. The summed E-state index contributed by atoms with van der Waals surface area (Å²) in [6, 6.07) is 16.4. The number of hydrogen-bond acceptors (Lipinski definition) is 3. The van der Waals surface area contributed by atoms with Gasteiger partial charge >= 0.3 is 6.18 Å². The van der Waals surface area contributed by atoms with Crippen LogP contribution in [0.15, 0.2) is 73.1 Å². The zero-order valence-corrected chi connectivity index (χ0v) is 17.5. The van der Waals surface area contributed by atoms with Gasteiger partial charge in [-0.1, -0.05) is 42.5 Å². The molecule has 2 aromatic carbocycles. The van der Waals surface area contributed by atoms with Gasteiger partial charge in [-0.3, -0.25) is 4.79 Å². The summed E-state index contributed by atoms with van der Waals surface area (Å²) in [6.45, 7) is 3.37. The molecule has 0 spiro atoms. The van der Waals surface area contributed by atoms with Gasteiger partial charge in [0.1, 0.15) is 0 Å². The maximum absolute atomic E-state index is 12.9. The summed E-state index contributed by atoms with van der Waals surface area (Å²) in [5.74, 6) is -0.191. The normalized spacial score (nSPS) is 13.7. The summed E-state index contributed by atoms with van der Waals surface area (Å²) in [6.07, 6.45) is -0.694. The van der Waals surface area contributed by atoms with Crippen molar-refractivity contribution in [2.45, 2.75) is 32.0 Å². The number of halogens is 3. The van der Waals surface area contributed by atoms with Crippen molar-refractivity contribution < 1.29 is 18.0 Å². The second-order valence-corrected chi connectivity index (χ2v) is 7.87. The average molecular weight is 438 g/mol.